The maximum atomic E-state index is 14.3. The van der Waals surface area contributed by atoms with Gasteiger partial charge >= 0.3 is 5.97 Å². The number of halogens is 1. The molecule has 7 nitrogen and oxygen atoms in total. The molecule has 134 valence electrons. The van der Waals surface area contributed by atoms with Gasteiger partial charge in [0.1, 0.15) is 24.2 Å². The molecule has 0 saturated heterocycles. The smallest absolute Gasteiger partial charge is 0.325 e. The molecule has 3 aromatic rings. The van der Waals surface area contributed by atoms with Crippen LogP contribution in [0.1, 0.15) is 41.9 Å². The summed E-state index contributed by atoms with van der Waals surface area (Å²) < 4.78 is 15.5. The number of hydrogen-bond acceptors (Lipinski definition) is 5. The van der Waals surface area contributed by atoms with Crippen LogP contribution in [0.3, 0.4) is 0 Å². The van der Waals surface area contributed by atoms with Gasteiger partial charge in [-0.25, -0.2) is 14.4 Å². The lowest BCUT2D eigenvalue weighted by atomic mass is 9.98. The number of rotatable bonds is 5. The highest BCUT2D eigenvalue weighted by Crippen LogP contribution is 2.34. The van der Waals surface area contributed by atoms with Crippen LogP contribution in [0.4, 0.5) is 4.39 Å². The molecule has 1 aromatic carbocycles. The molecule has 0 amide bonds. The normalized spacial score (nSPS) is 12.3. The zero-order valence-corrected chi connectivity index (χ0v) is 14.5. The van der Waals surface area contributed by atoms with Crippen molar-refractivity contribution in [3.63, 3.8) is 0 Å². The molecule has 3 rings (SSSR count). The fraction of sp³-hybridized carbons (Fsp3) is 0.278. The number of carbonyl (C=O) groups is 2. The summed E-state index contributed by atoms with van der Waals surface area (Å²) in [6, 6.07) is 3.31. The van der Waals surface area contributed by atoms with Crippen LogP contribution in [-0.4, -0.2) is 36.6 Å². The molecule has 2 heterocycles. The molecule has 0 radical (unpaired) electrons. The summed E-state index contributed by atoms with van der Waals surface area (Å²) in [5.41, 5.74) is 1.98. The van der Waals surface area contributed by atoms with Gasteiger partial charge in [0.05, 0.1) is 5.52 Å². The van der Waals surface area contributed by atoms with Gasteiger partial charge in [-0.05, 0) is 31.5 Å². The Hall–Kier alpha value is -3.16. The van der Waals surface area contributed by atoms with E-state index in [2.05, 4.69) is 15.1 Å². The van der Waals surface area contributed by atoms with Crippen molar-refractivity contribution in [3.05, 3.63) is 41.6 Å². The number of Topliss-reactive ketones (excluding diaryl/α,β-unsaturated/α-hetero) is 1. The monoisotopic (exact) mass is 356 g/mol. The molecule has 8 heteroatoms. The van der Waals surface area contributed by atoms with Crippen molar-refractivity contribution in [3.8, 4) is 11.1 Å². The highest BCUT2D eigenvalue weighted by atomic mass is 19.1. The Balaban J connectivity index is 2.34. The molecule has 2 aromatic heterocycles. The largest absolute Gasteiger partial charge is 0.480 e. The van der Waals surface area contributed by atoms with Crippen molar-refractivity contribution in [2.24, 2.45) is 0 Å². The highest BCUT2D eigenvalue weighted by molar-refractivity contribution is 6.07. The minimum atomic E-state index is -1.38. The third kappa shape index (κ3) is 3.17. The van der Waals surface area contributed by atoms with Gasteiger partial charge in [0, 0.05) is 35.8 Å². The van der Waals surface area contributed by atoms with Crippen LogP contribution in [0.15, 0.2) is 24.5 Å². The molecular weight excluding hydrogens is 339 g/mol. The van der Waals surface area contributed by atoms with Crippen molar-refractivity contribution in [2.75, 3.05) is 0 Å². The average molecular weight is 356 g/mol. The number of ketones is 1. The molecule has 1 unspecified atom stereocenters. The lowest BCUT2D eigenvalue weighted by Crippen LogP contribution is -2.11. The molecule has 26 heavy (non-hydrogen) atoms. The Labute approximate surface area is 148 Å². The molecule has 1 N–H and O–H groups in total. The molecule has 0 fully saturated rings. The second kappa shape index (κ2) is 6.62. The summed E-state index contributed by atoms with van der Waals surface area (Å²) in [5.74, 6) is -0.848. The maximum absolute atomic E-state index is 14.3. The second-order valence-electron chi connectivity index (χ2n) is 6.05. The first-order valence-electron chi connectivity index (χ1n) is 7.98. The van der Waals surface area contributed by atoms with Crippen LogP contribution in [0.2, 0.25) is 0 Å². The first-order chi connectivity index (χ1) is 12.3. The van der Waals surface area contributed by atoms with E-state index in [-0.39, 0.29) is 17.0 Å². The van der Waals surface area contributed by atoms with Gasteiger partial charge in [-0.2, -0.15) is 5.10 Å². The van der Waals surface area contributed by atoms with Gasteiger partial charge in [0.25, 0.3) is 0 Å². The molecule has 0 aliphatic carbocycles. The topological polar surface area (TPSA) is 98.0 Å². The molecule has 0 saturated carbocycles. The highest BCUT2D eigenvalue weighted by Gasteiger charge is 2.22. The van der Waals surface area contributed by atoms with E-state index < -0.39 is 18.7 Å². The molecule has 0 aliphatic heterocycles. The zero-order valence-electron chi connectivity index (χ0n) is 14.5. The third-order valence-corrected chi connectivity index (χ3v) is 4.03. The Morgan fingerprint density at radius 1 is 1.23 bits per heavy atom. The standard InChI is InChI=1S/C18H17FN4O3/c1-9(19)14-4-12(13-6-20-11(3)21-7-13)5-15-17(10(2)24)22-23(18(14)15)8-16(25)26/h4-7,9H,8H2,1-3H3,(H,25,26). The summed E-state index contributed by atoms with van der Waals surface area (Å²) in [6.07, 6.45) is 1.85. The summed E-state index contributed by atoms with van der Waals surface area (Å²) in [4.78, 5) is 31.4. The zero-order chi connectivity index (χ0) is 19.0. The van der Waals surface area contributed by atoms with E-state index in [1.54, 1.807) is 31.5 Å². The predicted molar refractivity (Wildman–Crippen MR) is 92.7 cm³/mol. The summed E-state index contributed by atoms with van der Waals surface area (Å²) in [6.45, 7) is 3.99. The summed E-state index contributed by atoms with van der Waals surface area (Å²) in [7, 11) is 0. The van der Waals surface area contributed by atoms with Crippen molar-refractivity contribution in [2.45, 2.75) is 33.5 Å². The minimum Gasteiger partial charge on any atom is -0.480 e. The molecule has 1 atom stereocenters. The number of benzene rings is 1. The van der Waals surface area contributed by atoms with E-state index in [4.69, 9.17) is 5.11 Å². The minimum absolute atomic E-state index is 0.109. The molecular formula is C18H17FN4O3. The number of carboxylic acids is 1. The number of aromatic nitrogens is 4. The Kier molecular flexibility index (Phi) is 4.50. The van der Waals surface area contributed by atoms with E-state index in [1.165, 1.54) is 13.8 Å². The van der Waals surface area contributed by atoms with Crippen LogP contribution in [0, 0.1) is 6.92 Å². The first-order valence-corrected chi connectivity index (χ1v) is 7.98. The van der Waals surface area contributed by atoms with Crippen molar-refractivity contribution in [1.29, 1.82) is 0 Å². The van der Waals surface area contributed by atoms with Gasteiger partial charge in [-0.15, -0.1) is 0 Å². The lowest BCUT2D eigenvalue weighted by molar-refractivity contribution is -0.137. The number of aliphatic carboxylic acids is 1. The van der Waals surface area contributed by atoms with Crippen LogP contribution in [-0.2, 0) is 11.3 Å². The maximum Gasteiger partial charge on any atom is 0.325 e. The number of alkyl halides is 1. The van der Waals surface area contributed by atoms with Crippen molar-refractivity contribution < 1.29 is 19.1 Å². The first kappa shape index (κ1) is 17.7. The van der Waals surface area contributed by atoms with Crippen LogP contribution in [0.25, 0.3) is 22.0 Å². The SMILES string of the molecule is CC(=O)c1nn(CC(=O)O)c2c(C(C)F)cc(-c3cnc(C)nc3)cc12. The van der Waals surface area contributed by atoms with E-state index in [9.17, 15) is 14.0 Å². The number of aryl methyl sites for hydroxylation is 1. The lowest BCUT2D eigenvalue weighted by Gasteiger charge is -2.11. The van der Waals surface area contributed by atoms with Gasteiger partial charge in [0.15, 0.2) is 5.78 Å². The van der Waals surface area contributed by atoms with Gasteiger partial charge in [-0.3, -0.25) is 14.3 Å². The average Bonchev–Trinajstić information content (AvgIpc) is 2.92. The van der Waals surface area contributed by atoms with E-state index >= 15 is 0 Å². The van der Waals surface area contributed by atoms with Crippen LogP contribution >= 0.6 is 0 Å². The van der Waals surface area contributed by atoms with Crippen LogP contribution in [0.5, 0.6) is 0 Å². The number of carbonyl (C=O) groups excluding carboxylic acids is 1. The fourth-order valence-corrected chi connectivity index (χ4v) is 2.86. The Morgan fingerprint density at radius 3 is 2.42 bits per heavy atom. The molecule has 0 aliphatic rings. The Morgan fingerprint density at radius 2 is 1.88 bits per heavy atom. The van der Waals surface area contributed by atoms with E-state index in [1.807, 2.05) is 0 Å². The Bertz CT molecular complexity index is 1010. The number of fused-ring (bicyclic) bond motifs is 1. The van der Waals surface area contributed by atoms with Crippen molar-refractivity contribution in [1.82, 2.24) is 19.7 Å². The summed E-state index contributed by atoms with van der Waals surface area (Å²) >= 11 is 0. The molecule has 0 spiro atoms. The van der Waals surface area contributed by atoms with E-state index in [0.717, 1.165) is 4.68 Å². The summed E-state index contributed by atoms with van der Waals surface area (Å²) in [5, 5.41) is 13.6. The number of carboxylic acid groups (broad SMARTS) is 1. The van der Waals surface area contributed by atoms with Crippen molar-refractivity contribution >= 4 is 22.7 Å². The van der Waals surface area contributed by atoms with E-state index in [0.29, 0.717) is 27.9 Å². The fourth-order valence-electron chi connectivity index (χ4n) is 2.86. The number of nitrogens with zero attached hydrogens (tertiary/aromatic N) is 4. The van der Waals surface area contributed by atoms with Crippen LogP contribution < -0.4 is 0 Å². The second-order valence-corrected chi connectivity index (χ2v) is 6.05. The van der Waals surface area contributed by atoms with Gasteiger partial charge in [-0.1, -0.05) is 0 Å². The third-order valence-electron chi connectivity index (χ3n) is 4.03. The van der Waals surface area contributed by atoms with Gasteiger partial charge < -0.3 is 5.11 Å². The quantitative estimate of drug-likeness (QED) is 0.705. The predicted octanol–water partition coefficient (Wildman–Crippen LogP) is 3.12. The number of hydrogen-bond donors (Lipinski definition) is 1. The van der Waals surface area contributed by atoms with Gasteiger partial charge in [0.2, 0.25) is 0 Å². The molecule has 0 bridgehead atoms.